The van der Waals surface area contributed by atoms with Crippen LogP contribution >= 0.6 is 0 Å². The molecule has 0 aliphatic carbocycles. The first-order chi connectivity index (χ1) is 13.2. The van der Waals surface area contributed by atoms with Crippen LogP contribution in [-0.2, 0) is 0 Å². The highest BCUT2D eigenvalue weighted by atomic mass is 16.1. The Bertz CT molecular complexity index is 1190. The summed E-state index contributed by atoms with van der Waals surface area (Å²) in [5, 5.41) is 0.835. The number of fused-ring (bicyclic) bond motifs is 1. The van der Waals surface area contributed by atoms with Crippen molar-refractivity contribution in [2.45, 2.75) is 0 Å². The van der Waals surface area contributed by atoms with Crippen LogP contribution in [0.15, 0.2) is 90.0 Å². The van der Waals surface area contributed by atoms with Gasteiger partial charge in [0.25, 0.3) is 5.56 Å². The molecule has 4 aromatic rings. The molecule has 0 unspecified atom stereocenters. The zero-order chi connectivity index (χ0) is 18.6. The first-order valence-corrected chi connectivity index (χ1v) is 8.57. The summed E-state index contributed by atoms with van der Waals surface area (Å²) >= 11 is 0. The number of H-pyrrole nitrogens is 1. The average molecular weight is 352 g/mol. The summed E-state index contributed by atoms with van der Waals surface area (Å²) < 4.78 is 0. The van der Waals surface area contributed by atoms with Gasteiger partial charge in [0.2, 0.25) is 0 Å². The largest absolute Gasteiger partial charge is 0.321 e. The fourth-order valence-electron chi connectivity index (χ4n) is 3.11. The zero-order valence-corrected chi connectivity index (χ0v) is 14.4. The number of nitrogens with one attached hydrogen (secondary N) is 1. The van der Waals surface area contributed by atoms with Gasteiger partial charge in [-0.15, -0.1) is 0 Å². The van der Waals surface area contributed by atoms with Crippen LogP contribution in [0, 0.1) is 0 Å². The van der Waals surface area contributed by atoms with Crippen molar-refractivity contribution in [3.05, 3.63) is 107 Å². The highest BCUT2D eigenvalue weighted by molar-refractivity contribution is 6.15. The predicted molar refractivity (Wildman–Crippen MR) is 108 cm³/mol. The lowest BCUT2D eigenvalue weighted by molar-refractivity contribution is 0.104. The summed E-state index contributed by atoms with van der Waals surface area (Å²) in [5.41, 5.74) is 2.72. The second-order valence-electron chi connectivity index (χ2n) is 6.10. The summed E-state index contributed by atoms with van der Waals surface area (Å²) in [6, 6.07) is 20.6. The van der Waals surface area contributed by atoms with Gasteiger partial charge < -0.3 is 4.98 Å². The van der Waals surface area contributed by atoms with Gasteiger partial charge >= 0.3 is 0 Å². The number of carbonyl (C=O) groups is 1. The molecular weight excluding hydrogens is 336 g/mol. The number of hydrogen-bond acceptors (Lipinski definition) is 3. The Balaban J connectivity index is 1.92. The van der Waals surface area contributed by atoms with E-state index in [2.05, 4.69) is 9.97 Å². The number of pyridine rings is 2. The summed E-state index contributed by atoms with van der Waals surface area (Å²) in [6.45, 7) is 0. The van der Waals surface area contributed by atoms with Crippen molar-refractivity contribution < 1.29 is 4.79 Å². The number of para-hydroxylation sites is 1. The lowest BCUT2D eigenvalue weighted by Crippen LogP contribution is -2.18. The van der Waals surface area contributed by atoms with E-state index in [0.717, 1.165) is 16.5 Å². The smallest absolute Gasteiger partial charge is 0.260 e. The van der Waals surface area contributed by atoms with E-state index in [4.69, 9.17) is 0 Å². The van der Waals surface area contributed by atoms with E-state index >= 15 is 0 Å². The number of ketones is 1. The third-order valence-electron chi connectivity index (χ3n) is 4.34. The Hall–Kier alpha value is -3.79. The number of carbonyl (C=O) groups excluding carboxylic acids is 1. The molecule has 0 aliphatic heterocycles. The van der Waals surface area contributed by atoms with E-state index in [1.807, 2.05) is 60.7 Å². The molecule has 0 radical (unpaired) electrons. The fourth-order valence-corrected chi connectivity index (χ4v) is 3.11. The molecule has 4 rings (SSSR count). The van der Waals surface area contributed by atoms with Crippen molar-refractivity contribution in [2.24, 2.45) is 0 Å². The first-order valence-electron chi connectivity index (χ1n) is 8.57. The molecule has 4 nitrogen and oxygen atoms in total. The van der Waals surface area contributed by atoms with Crippen molar-refractivity contribution in [1.82, 2.24) is 9.97 Å². The van der Waals surface area contributed by atoms with Crippen molar-refractivity contribution >= 4 is 22.8 Å². The molecule has 0 saturated heterocycles. The fraction of sp³-hybridized carbons (Fsp3) is 0. The number of allylic oxidation sites excluding steroid dienone is 1. The van der Waals surface area contributed by atoms with Crippen LogP contribution in [-0.4, -0.2) is 15.8 Å². The van der Waals surface area contributed by atoms with E-state index in [-0.39, 0.29) is 11.3 Å². The Morgan fingerprint density at radius 2 is 1.70 bits per heavy atom. The number of rotatable bonds is 4. The maximum absolute atomic E-state index is 12.9. The van der Waals surface area contributed by atoms with Gasteiger partial charge in [-0.1, -0.05) is 54.6 Å². The minimum atomic E-state index is -0.395. The summed E-state index contributed by atoms with van der Waals surface area (Å²) in [5.74, 6) is -0.343. The van der Waals surface area contributed by atoms with Crippen LogP contribution in [0.5, 0.6) is 0 Å². The van der Waals surface area contributed by atoms with Crippen molar-refractivity contribution in [1.29, 1.82) is 0 Å². The molecule has 0 amide bonds. The van der Waals surface area contributed by atoms with Crippen LogP contribution in [0.4, 0.5) is 0 Å². The van der Waals surface area contributed by atoms with Crippen molar-refractivity contribution in [3.63, 3.8) is 0 Å². The number of hydrogen-bond donors (Lipinski definition) is 1. The SMILES string of the molecule is O=C(C=Cc1cccnc1)c1c(-c2ccccc2)c2ccccc2[nH]c1=O. The van der Waals surface area contributed by atoms with Crippen molar-refractivity contribution in [3.8, 4) is 11.1 Å². The van der Waals surface area contributed by atoms with Gasteiger partial charge in [-0.25, -0.2) is 0 Å². The van der Waals surface area contributed by atoms with E-state index in [9.17, 15) is 9.59 Å². The van der Waals surface area contributed by atoms with Gasteiger partial charge in [-0.2, -0.15) is 0 Å². The number of aromatic nitrogens is 2. The van der Waals surface area contributed by atoms with Crippen LogP contribution in [0.1, 0.15) is 15.9 Å². The molecule has 0 aliphatic rings. The molecule has 0 atom stereocenters. The van der Waals surface area contributed by atoms with E-state index < -0.39 is 5.56 Å². The monoisotopic (exact) mass is 352 g/mol. The summed E-state index contributed by atoms with van der Waals surface area (Å²) in [6.07, 6.45) is 6.41. The molecule has 130 valence electrons. The van der Waals surface area contributed by atoms with E-state index in [1.165, 1.54) is 6.08 Å². The van der Waals surface area contributed by atoms with Crippen molar-refractivity contribution in [2.75, 3.05) is 0 Å². The van der Waals surface area contributed by atoms with E-state index in [1.54, 1.807) is 24.5 Å². The van der Waals surface area contributed by atoms with Gasteiger partial charge in [0, 0.05) is 28.9 Å². The molecule has 0 fully saturated rings. The molecule has 0 bridgehead atoms. The van der Waals surface area contributed by atoms with Gasteiger partial charge in [-0.3, -0.25) is 14.6 Å². The normalized spacial score (nSPS) is 11.1. The van der Waals surface area contributed by atoms with Gasteiger partial charge in [0.05, 0.1) is 5.56 Å². The number of benzene rings is 2. The Kier molecular flexibility index (Phi) is 4.45. The van der Waals surface area contributed by atoms with Crippen LogP contribution in [0.25, 0.3) is 28.1 Å². The van der Waals surface area contributed by atoms with Crippen LogP contribution < -0.4 is 5.56 Å². The molecule has 2 aromatic carbocycles. The summed E-state index contributed by atoms with van der Waals surface area (Å²) in [4.78, 5) is 32.6. The average Bonchev–Trinajstić information content (AvgIpc) is 2.72. The van der Waals surface area contributed by atoms with E-state index in [0.29, 0.717) is 11.1 Å². The molecule has 2 heterocycles. The molecule has 0 saturated carbocycles. The standard InChI is InChI=1S/C23H16N2O2/c26-20(13-12-16-7-6-14-24-15-16)22-21(17-8-2-1-3-9-17)18-10-4-5-11-19(18)25-23(22)27/h1-15H,(H,25,27). The van der Waals surface area contributed by atoms with Gasteiger partial charge in [0.1, 0.15) is 0 Å². The number of nitrogens with zero attached hydrogens (tertiary/aromatic N) is 1. The highest BCUT2D eigenvalue weighted by Crippen LogP contribution is 2.29. The Morgan fingerprint density at radius 3 is 2.48 bits per heavy atom. The van der Waals surface area contributed by atoms with Crippen LogP contribution in [0.2, 0.25) is 0 Å². The lowest BCUT2D eigenvalue weighted by atomic mass is 9.94. The maximum atomic E-state index is 12.9. The molecule has 4 heteroatoms. The second-order valence-corrected chi connectivity index (χ2v) is 6.10. The minimum Gasteiger partial charge on any atom is -0.321 e. The zero-order valence-electron chi connectivity index (χ0n) is 14.4. The lowest BCUT2D eigenvalue weighted by Gasteiger charge is -2.11. The minimum absolute atomic E-state index is 0.139. The highest BCUT2D eigenvalue weighted by Gasteiger charge is 2.18. The van der Waals surface area contributed by atoms with Gasteiger partial charge in [-0.05, 0) is 35.4 Å². The molecule has 2 aromatic heterocycles. The quantitative estimate of drug-likeness (QED) is 0.435. The summed E-state index contributed by atoms with van der Waals surface area (Å²) in [7, 11) is 0. The first kappa shape index (κ1) is 16.7. The Morgan fingerprint density at radius 1 is 0.926 bits per heavy atom. The second kappa shape index (κ2) is 7.22. The topological polar surface area (TPSA) is 62.8 Å². The third kappa shape index (κ3) is 3.33. The predicted octanol–water partition coefficient (Wildman–Crippen LogP) is 4.49. The maximum Gasteiger partial charge on any atom is 0.260 e. The number of aromatic amines is 1. The van der Waals surface area contributed by atoms with Gasteiger partial charge in [0.15, 0.2) is 5.78 Å². The van der Waals surface area contributed by atoms with Crippen LogP contribution in [0.3, 0.4) is 0 Å². The Labute approximate surface area is 155 Å². The third-order valence-corrected chi connectivity index (χ3v) is 4.34. The molecule has 27 heavy (non-hydrogen) atoms. The molecule has 0 spiro atoms. The molecule has 1 N–H and O–H groups in total. The molecular formula is C23H16N2O2.